The molecule has 0 saturated carbocycles. The van der Waals surface area contributed by atoms with Crippen LogP contribution >= 0.6 is 11.8 Å². The molecule has 1 aliphatic heterocycles. The number of carbonyl (C=O) groups is 1. The van der Waals surface area contributed by atoms with Crippen LogP contribution in [-0.2, 0) is 4.79 Å². The Morgan fingerprint density at radius 1 is 1.25 bits per heavy atom. The van der Waals surface area contributed by atoms with Crippen LogP contribution in [0.15, 0.2) is 18.2 Å². The molecule has 1 aromatic carbocycles. The Morgan fingerprint density at radius 3 is 2.58 bits per heavy atom. The lowest BCUT2D eigenvalue weighted by atomic mass is 10.2. The molecule has 0 bridgehead atoms. The van der Waals surface area contributed by atoms with Crippen molar-refractivity contribution < 1.29 is 19.0 Å². The van der Waals surface area contributed by atoms with Gasteiger partial charge in [0.2, 0.25) is 5.91 Å². The van der Waals surface area contributed by atoms with Gasteiger partial charge in [-0.1, -0.05) is 0 Å². The standard InChI is InChI=1S/C17H26N2O4S/c1-21-14-9-15(22-2)11-16(10-14)23-6-3-4-19-17(20)8-13-12-24-7-5-18-13/h9-11,13,18H,3-8,12H2,1-2H3,(H,19,20). The second-order valence-corrected chi connectivity index (χ2v) is 6.68. The molecule has 6 nitrogen and oxygen atoms in total. The average molecular weight is 354 g/mol. The van der Waals surface area contributed by atoms with Crippen LogP contribution in [-0.4, -0.2) is 57.4 Å². The predicted molar refractivity (Wildman–Crippen MR) is 96.4 cm³/mol. The van der Waals surface area contributed by atoms with Gasteiger partial charge in [0, 0.05) is 55.3 Å². The fraction of sp³-hybridized carbons (Fsp3) is 0.588. The summed E-state index contributed by atoms with van der Waals surface area (Å²) in [5.74, 6) is 4.31. The predicted octanol–water partition coefficient (Wildman–Crippen LogP) is 1.68. The van der Waals surface area contributed by atoms with Crippen molar-refractivity contribution in [2.24, 2.45) is 0 Å². The highest BCUT2D eigenvalue weighted by molar-refractivity contribution is 7.99. The van der Waals surface area contributed by atoms with Crippen LogP contribution in [0, 0.1) is 0 Å². The Morgan fingerprint density at radius 2 is 1.96 bits per heavy atom. The Labute approximate surface area is 147 Å². The molecule has 1 aliphatic rings. The summed E-state index contributed by atoms with van der Waals surface area (Å²) >= 11 is 1.90. The number of rotatable bonds is 9. The van der Waals surface area contributed by atoms with Crippen LogP contribution in [0.5, 0.6) is 17.2 Å². The molecule has 2 rings (SSSR count). The summed E-state index contributed by atoms with van der Waals surface area (Å²) in [5.41, 5.74) is 0. The highest BCUT2D eigenvalue weighted by atomic mass is 32.2. The second-order valence-electron chi connectivity index (χ2n) is 5.53. The zero-order chi connectivity index (χ0) is 17.2. The third-order valence-corrected chi connectivity index (χ3v) is 4.80. The maximum atomic E-state index is 11.9. The number of carbonyl (C=O) groups excluding carboxylic acids is 1. The van der Waals surface area contributed by atoms with E-state index in [1.807, 2.05) is 23.9 Å². The Bertz CT molecular complexity index is 499. The summed E-state index contributed by atoms with van der Waals surface area (Å²) in [6.07, 6.45) is 1.29. The van der Waals surface area contributed by atoms with Gasteiger partial charge in [-0.2, -0.15) is 11.8 Å². The molecule has 0 spiro atoms. The van der Waals surface area contributed by atoms with E-state index in [1.165, 1.54) is 0 Å². The molecule has 1 heterocycles. The van der Waals surface area contributed by atoms with E-state index in [0.29, 0.717) is 42.9 Å². The fourth-order valence-corrected chi connectivity index (χ4v) is 3.35. The van der Waals surface area contributed by atoms with Gasteiger partial charge in [0.05, 0.1) is 20.8 Å². The molecular weight excluding hydrogens is 328 g/mol. The van der Waals surface area contributed by atoms with Crippen LogP contribution in [0.1, 0.15) is 12.8 Å². The summed E-state index contributed by atoms with van der Waals surface area (Å²) in [5, 5.41) is 6.31. The van der Waals surface area contributed by atoms with Gasteiger partial charge in [0.15, 0.2) is 0 Å². The van der Waals surface area contributed by atoms with E-state index in [-0.39, 0.29) is 5.91 Å². The molecule has 2 N–H and O–H groups in total. The molecule has 7 heteroatoms. The zero-order valence-corrected chi connectivity index (χ0v) is 15.1. The first-order valence-corrected chi connectivity index (χ1v) is 9.30. The number of hydrogen-bond acceptors (Lipinski definition) is 6. The molecule has 1 fully saturated rings. The Kier molecular flexibility index (Phi) is 8.04. The van der Waals surface area contributed by atoms with Gasteiger partial charge < -0.3 is 24.8 Å². The molecule has 0 aliphatic carbocycles. The molecule has 0 aromatic heterocycles. The van der Waals surface area contributed by atoms with Crippen molar-refractivity contribution in [2.75, 3.05) is 45.4 Å². The molecule has 24 heavy (non-hydrogen) atoms. The first-order chi connectivity index (χ1) is 11.7. The summed E-state index contributed by atoms with van der Waals surface area (Å²) in [6, 6.07) is 5.72. The smallest absolute Gasteiger partial charge is 0.221 e. The van der Waals surface area contributed by atoms with Gasteiger partial charge in [-0.25, -0.2) is 0 Å². The average Bonchev–Trinajstić information content (AvgIpc) is 2.62. The number of amides is 1. The van der Waals surface area contributed by atoms with E-state index in [2.05, 4.69) is 10.6 Å². The maximum Gasteiger partial charge on any atom is 0.221 e. The number of methoxy groups -OCH3 is 2. The zero-order valence-electron chi connectivity index (χ0n) is 14.3. The number of nitrogens with one attached hydrogen (secondary N) is 2. The van der Waals surface area contributed by atoms with Crippen LogP contribution in [0.3, 0.4) is 0 Å². The molecule has 1 amide bonds. The van der Waals surface area contributed by atoms with E-state index in [0.717, 1.165) is 24.5 Å². The topological polar surface area (TPSA) is 68.8 Å². The first kappa shape index (κ1) is 18.7. The van der Waals surface area contributed by atoms with Crippen LogP contribution in [0.25, 0.3) is 0 Å². The molecular formula is C17H26N2O4S. The minimum Gasteiger partial charge on any atom is -0.496 e. The van der Waals surface area contributed by atoms with Gasteiger partial charge in [-0.05, 0) is 6.42 Å². The minimum absolute atomic E-state index is 0.0954. The van der Waals surface area contributed by atoms with Crippen molar-refractivity contribution in [2.45, 2.75) is 18.9 Å². The van der Waals surface area contributed by atoms with Gasteiger partial charge in [-0.3, -0.25) is 4.79 Å². The Hall–Kier alpha value is -1.60. The molecule has 1 saturated heterocycles. The van der Waals surface area contributed by atoms with Gasteiger partial charge >= 0.3 is 0 Å². The third kappa shape index (κ3) is 6.49. The van der Waals surface area contributed by atoms with E-state index in [4.69, 9.17) is 14.2 Å². The van der Waals surface area contributed by atoms with E-state index in [9.17, 15) is 4.79 Å². The van der Waals surface area contributed by atoms with Crippen molar-refractivity contribution >= 4 is 17.7 Å². The molecule has 1 atom stereocenters. The lowest BCUT2D eigenvalue weighted by Crippen LogP contribution is -2.41. The number of thioether (sulfide) groups is 1. The Balaban J connectivity index is 1.63. The van der Waals surface area contributed by atoms with E-state index < -0.39 is 0 Å². The van der Waals surface area contributed by atoms with Gasteiger partial charge in [0.1, 0.15) is 17.2 Å². The van der Waals surface area contributed by atoms with Crippen molar-refractivity contribution in [3.05, 3.63) is 18.2 Å². The molecule has 134 valence electrons. The minimum atomic E-state index is 0.0954. The summed E-state index contributed by atoms with van der Waals surface area (Å²) in [7, 11) is 3.21. The molecule has 1 aromatic rings. The maximum absolute atomic E-state index is 11.9. The van der Waals surface area contributed by atoms with E-state index >= 15 is 0 Å². The van der Waals surface area contributed by atoms with Gasteiger partial charge in [-0.15, -0.1) is 0 Å². The number of ether oxygens (including phenoxy) is 3. The highest BCUT2D eigenvalue weighted by Crippen LogP contribution is 2.27. The highest BCUT2D eigenvalue weighted by Gasteiger charge is 2.16. The summed E-state index contributed by atoms with van der Waals surface area (Å²) in [6.45, 7) is 2.12. The third-order valence-electron chi connectivity index (χ3n) is 3.67. The monoisotopic (exact) mass is 354 g/mol. The summed E-state index contributed by atoms with van der Waals surface area (Å²) in [4.78, 5) is 11.9. The van der Waals surface area contributed by atoms with E-state index in [1.54, 1.807) is 20.3 Å². The quantitative estimate of drug-likeness (QED) is 0.658. The van der Waals surface area contributed by atoms with Crippen molar-refractivity contribution in [1.82, 2.24) is 10.6 Å². The first-order valence-electron chi connectivity index (χ1n) is 8.15. The lowest BCUT2D eigenvalue weighted by Gasteiger charge is -2.22. The second kappa shape index (κ2) is 10.3. The summed E-state index contributed by atoms with van der Waals surface area (Å²) < 4.78 is 16.1. The molecule has 0 radical (unpaired) electrons. The van der Waals surface area contributed by atoms with Crippen molar-refractivity contribution in [1.29, 1.82) is 0 Å². The molecule has 1 unspecified atom stereocenters. The lowest BCUT2D eigenvalue weighted by molar-refractivity contribution is -0.121. The largest absolute Gasteiger partial charge is 0.496 e. The van der Waals surface area contributed by atoms with Gasteiger partial charge in [0.25, 0.3) is 0 Å². The van der Waals surface area contributed by atoms with Crippen molar-refractivity contribution in [3.63, 3.8) is 0 Å². The normalized spacial score (nSPS) is 17.2. The fourth-order valence-electron chi connectivity index (χ4n) is 2.40. The van der Waals surface area contributed by atoms with Crippen molar-refractivity contribution in [3.8, 4) is 17.2 Å². The number of hydrogen-bond donors (Lipinski definition) is 2. The SMILES string of the molecule is COc1cc(OC)cc(OCCCNC(=O)CC2CSCCN2)c1. The van der Waals surface area contributed by atoms with Crippen LogP contribution in [0.2, 0.25) is 0 Å². The van der Waals surface area contributed by atoms with Crippen LogP contribution < -0.4 is 24.8 Å². The number of benzene rings is 1. The van der Waals surface area contributed by atoms with Crippen LogP contribution in [0.4, 0.5) is 0 Å².